The van der Waals surface area contributed by atoms with E-state index in [9.17, 15) is 0 Å². The first kappa shape index (κ1) is 19.6. The summed E-state index contributed by atoms with van der Waals surface area (Å²) in [6.45, 7) is 3.45. The van der Waals surface area contributed by atoms with Gasteiger partial charge in [-0.1, -0.05) is 6.92 Å². The number of nitrogens with zero attached hydrogens (tertiary/aromatic N) is 1. The lowest BCUT2D eigenvalue weighted by Gasteiger charge is -2.20. The Kier molecular flexibility index (Phi) is 5.17. The Bertz CT molecular complexity index is 1100. The van der Waals surface area contributed by atoms with Gasteiger partial charge in [0.1, 0.15) is 0 Å². The molecule has 0 saturated carbocycles. The third-order valence-electron chi connectivity index (χ3n) is 5.74. The van der Waals surface area contributed by atoms with Crippen LogP contribution in [0.3, 0.4) is 0 Å². The first-order valence-corrected chi connectivity index (χ1v) is 9.78. The molecule has 0 bridgehead atoms. The number of rotatable bonds is 4. The number of pyridine rings is 1. The summed E-state index contributed by atoms with van der Waals surface area (Å²) in [6.07, 6.45) is 3.01. The second kappa shape index (κ2) is 7.64. The van der Waals surface area contributed by atoms with Gasteiger partial charge in [-0.3, -0.25) is 0 Å². The van der Waals surface area contributed by atoms with E-state index < -0.39 is 0 Å². The van der Waals surface area contributed by atoms with Gasteiger partial charge >= 0.3 is 0 Å². The van der Waals surface area contributed by atoms with Crippen molar-refractivity contribution >= 4 is 10.8 Å². The highest BCUT2D eigenvalue weighted by atomic mass is 35.5. The normalized spacial score (nSPS) is 13.5. The van der Waals surface area contributed by atoms with Crippen LogP contribution in [-0.4, -0.2) is 21.0 Å². The summed E-state index contributed by atoms with van der Waals surface area (Å²) in [6, 6.07) is 10.6. The molecule has 29 heavy (non-hydrogen) atoms. The monoisotopic (exact) mass is 413 g/mol. The predicted octanol–water partition coefficient (Wildman–Crippen LogP) is 1.05. The highest BCUT2D eigenvalue weighted by Gasteiger charge is 2.32. The van der Waals surface area contributed by atoms with E-state index in [1.807, 2.05) is 6.07 Å². The Hall–Kier alpha value is -2.66. The van der Waals surface area contributed by atoms with E-state index in [2.05, 4.69) is 35.8 Å². The minimum absolute atomic E-state index is 0. The molecule has 2 aliphatic heterocycles. The molecule has 0 fully saturated rings. The topological polar surface area (TPSA) is 40.8 Å². The van der Waals surface area contributed by atoms with Crippen molar-refractivity contribution < 1.29 is 35.9 Å². The van der Waals surface area contributed by atoms with Gasteiger partial charge in [0, 0.05) is 18.9 Å². The number of aryl methyl sites for hydroxylation is 2. The Balaban J connectivity index is 0.00000205. The Morgan fingerprint density at radius 1 is 1.03 bits per heavy atom. The molecule has 0 amide bonds. The molecule has 3 aromatic rings. The van der Waals surface area contributed by atoms with Gasteiger partial charge in [0.2, 0.25) is 12.5 Å². The molecule has 5 rings (SSSR count). The van der Waals surface area contributed by atoms with Gasteiger partial charge in [0.25, 0.3) is 0 Å². The minimum atomic E-state index is 0. The number of methoxy groups -OCH3 is 2. The SMILES string of the molecule is CCCc1c2c(OC)c(OC)ccc2cc2[n+]1CCc1cc3c(cc1-2)OCO3.[Cl-]. The van der Waals surface area contributed by atoms with E-state index in [0.29, 0.717) is 6.79 Å². The van der Waals surface area contributed by atoms with Crippen molar-refractivity contribution in [3.63, 3.8) is 0 Å². The number of benzene rings is 2. The lowest BCUT2D eigenvalue weighted by atomic mass is 9.93. The molecular formula is C23H24ClNO4. The molecule has 152 valence electrons. The van der Waals surface area contributed by atoms with E-state index in [0.717, 1.165) is 59.6 Å². The van der Waals surface area contributed by atoms with Crippen LogP contribution in [0.5, 0.6) is 23.0 Å². The lowest BCUT2D eigenvalue weighted by molar-refractivity contribution is -0.693. The fourth-order valence-electron chi connectivity index (χ4n) is 4.50. The summed E-state index contributed by atoms with van der Waals surface area (Å²) in [4.78, 5) is 0. The molecule has 2 aromatic carbocycles. The van der Waals surface area contributed by atoms with Crippen LogP contribution in [0.2, 0.25) is 0 Å². The van der Waals surface area contributed by atoms with Gasteiger partial charge in [0.15, 0.2) is 35.2 Å². The number of hydrogen-bond donors (Lipinski definition) is 0. The average Bonchev–Trinajstić information content (AvgIpc) is 3.18. The summed E-state index contributed by atoms with van der Waals surface area (Å²) in [7, 11) is 3.40. The number of ether oxygens (including phenoxy) is 4. The molecule has 5 nitrogen and oxygen atoms in total. The van der Waals surface area contributed by atoms with Crippen molar-refractivity contribution in [1.29, 1.82) is 0 Å². The largest absolute Gasteiger partial charge is 1.00 e. The first-order valence-electron chi connectivity index (χ1n) is 9.78. The summed E-state index contributed by atoms with van der Waals surface area (Å²) < 4.78 is 25.0. The highest BCUT2D eigenvalue weighted by molar-refractivity contribution is 5.94. The van der Waals surface area contributed by atoms with Gasteiger partial charge in [-0.05, 0) is 41.6 Å². The summed E-state index contributed by atoms with van der Waals surface area (Å²) in [5.74, 6) is 3.27. The van der Waals surface area contributed by atoms with Crippen molar-refractivity contribution in [2.75, 3.05) is 21.0 Å². The van der Waals surface area contributed by atoms with Crippen LogP contribution in [-0.2, 0) is 19.4 Å². The van der Waals surface area contributed by atoms with Crippen LogP contribution in [0.4, 0.5) is 0 Å². The Morgan fingerprint density at radius 2 is 1.83 bits per heavy atom. The third-order valence-corrected chi connectivity index (χ3v) is 5.74. The van der Waals surface area contributed by atoms with Gasteiger partial charge < -0.3 is 31.4 Å². The third kappa shape index (κ3) is 2.96. The fourth-order valence-corrected chi connectivity index (χ4v) is 4.50. The molecule has 3 heterocycles. The lowest BCUT2D eigenvalue weighted by Crippen LogP contribution is -3.00. The van der Waals surface area contributed by atoms with E-state index in [1.54, 1.807) is 14.2 Å². The molecule has 0 aliphatic carbocycles. The van der Waals surface area contributed by atoms with Crippen LogP contribution in [0, 0.1) is 0 Å². The fraction of sp³-hybridized carbons (Fsp3) is 0.348. The number of fused-ring (bicyclic) bond motifs is 5. The molecule has 0 N–H and O–H groups in total. The van der Waals surface area contributed by atoms with Crippen molar-refractivity contribution in [3.8, 4) is 34.3 Å². The summed E-state index contributed by atoms with van der Waals surface area (Å²) >= 11 is 0. The molecule has 0 spiro atoms. The highest BCUT2D eigenvalue weighted by Crippen LogP contribution is 2.42. The molecule has 0 atom stereocenters. The molecular weight excluding hydrogens is 390 g/mol. The second-order valence-electron chi connectivity index (χ2n) is 7.26. The maximum Gasteiger partial charge on any atom is 0.231 e. The van der Waals surface area contributed by atoms with Gasteiger partial charge in [-0.2, -0.15) is 4.57 Å². The van der Waals surface area contributed by atoms with E-state index in [4.69, 9.17) is 18.9 Å². The summed E-state index contributed by atoms with van der Waals surface area (Å²) in [5, 5.41) is 2.31. The zero-order valence-corrected chi connectivity index (χ0v) is 17.6. The zero-order chi connectivity index (χ0) is 19.3. The van der Waals surface area contributed by atoms with Crippen molar-refractivity contribution in [2.45, 2.75) is 32.7 Å². The predicted molar refractivity (Wildman–Crippen MR) is 107 cm³/mol. The molecule has 6 heteroatoms. The number of hydrogen-bond acceptors (Lipinski definition) is 4. The smallest absolute Gasteiger partial charge is 0.231 e. The van der Waals surface area contributed by atoms with Gasteiger partial charge in [-0.15, -0.1) is 0 Å². The van der Waals surface area contributed by atoms with E-state index in [-0.39, 0.29) is 12.4 Å². The minimum Gasteiger partial charge on any atom is -1.00 e. The number of halogens is 1. The Morgan fingerprint density at radius 3 is 2.55 bits per heavy atom. The molecule has 0 saturated heterocycles. The quantitative estimate of drug-likeness (QED) is 0.600. The molecule has 0 unspecified atom stereocenters. The van der Waals surface area contributed by atoms with Crippen molar-refractivity contribution in [1.82, 2.24) is 0 Å². The average molecular weight is 414 g/mol. The maximum absolute atomic E-state index is 5.78. The number of aromatic nitrogens is 1. The van der Waals surface area contributed by atoms with Crippen LogP contribution >= 0.6 is 0 Å². The second-order valence-corrected chi connectivity index (χ2v) is 7.26. The van der Waals surface area contributed by atoms with E-state index in [1.165, 1.54) is 22.5 Å². The Labute approximate surface area is 176 Å². The molecule has 0 radical (unpaired) electrons. The summed E-state index contributed by atoms with van der Waals surface area (Å²) in [5.41, 5.74) is 5.06. The van der Waals surface area contributed by atoms with Crippen LogP contribution in [0.25, 0.3) is 22.0 Å². The van der Waals surface area contributed by atoms with Crippen molar-refractivity contribution in [3.05, 3.63) is 41.6 Å². The molecule has 1 aromatic heterocycles. The van der Waals surface area contributed by atoms with Crippen LogP contribution < -0.4 is 35.9 Å². The zero-order valence-electron chi connectivity index (χ0n) is 16.9. The molecule has 2 aliphatic rings. The van der Waals surface area contributed by atoms with Gasteiger partial charge in [-0.25, -0.2) is 0 Å². The first-order chi connectivity index (χ1) is 13.7. The van der Waals surface area contributed by atoms with Crippen molar-refractivity contribution in [2.24, 2.45) is 0 Å². The maximum atomic E-state index is 5.78. The van der Waals surface area contributed by atoms with E-state index >= 15 is 0 Å². The van der Waals surface area contributed by atoms with Gasteiger partial charge in [0.05, 0.1) is 25.2 Å². The van der Waals surface area contributed by atoms with Crippen LogP contribution in [0.15, 0.2) is 30.3 Å². The standard InChI is InChI=1S/C23H24NO4.ClH/c1-4-5-17-22-15(6-7-19(25-2)23(22)26-3)10-18-16-12-21-20(27-13-28-21)11-14(16)8-9-24(17)18;/h6-7,10-12H,4-5,8-9,13H2,1-3H3;1H/q+1;/p-1. The van der Waals surface area contributed by atoms with Crippen LogP contribution in [0.1, 0.15) is 24.6 Å².